The van der Waals surface area contributed by atoms with E-state index >= 15 is 0 Å². The predicted octanol–water partition coefficient (Wildman–Crippen LogP) is 3.77. The first-order chi connectivity index (χ1) is 14.2. The van der Waals surface area contributed by atoms with Crippen LogP contribution in [0.1, 0.15) is 35.2 Å². The Morgan fingerprint density at radius 3 is 2.66 bits per heavy atom. The fourth-order valence-electron chi connectivity index (χ4n) is 3.24. The van der Waals surface area contributed by atoms with Gasteiger partial charge in [-0.2, -0.15) is 4.98 Å². The van der Waals surface area contributed by atoms with Crippen LogP contribution in [0, 0.1) is 5.82 Å². The Morgan fingerprint density at radius 1 is 1.10 bits per heavy atom. The van der Waals surface area contributed by atoms with Gasteiger partial charge in [-0.25, -0.2) is 9.49 Å². The van der Waals surface area contributed by atoms with E-state index in [2.05, 4.69) is 25.4 Å². The number of rotatable bonds is 6. The minimum absolute atomic E-state index is 0.228. The van der Waals surface area contributed by atoms with Gasteiger partial charge in [0.25, 0.3) is 5.91 Å². The Bertz CT molecular complexity index is 967. The quantitative estimate of drug-likeness (QED) is 0.664. The van der Waals surface area contributed by atoms with Gasteiger partial charge in [-0.1, -0.05) is 24.3 Å². The number of nitrogens with one attached hydrogen (secondary N) is 2. The molecule has 0 saturated carbocycles. The van der Waals surface area contributed by atoms with E-state index in [1.165, 1.54) is 18.6 Å². The van der Waals surface area contributed by atoms with E-state index in [0.29, 0.717) is 23.2 Å². The van der Waals surface area contributed by atoms with E-state index in [4.69, 9.17) is 4.74 Å². The van der Waals surface area contributed by atoms with Gasteiger partial charge in [0.05, 0.1) is 5.56 Å². The average Bonchev–Trinajstić information content (AvgIpc) is 3.22. The maximum atomic E-state index is 13.0. The molecule has 1 aliphatic rings. The van der Waals surface area contributed by atoms with Crippen LogP contribution in [0.5, 0.6) is 5.75 Å². The molecule has 1 amide bonds. The Labute approximate surface area is 167 Å². The zero-order chi connectivity index (χ0) is 20.1. The minimum atomic E-state index is -0.346. The number of benzene rings is 2. The first-order valence-electron chi connectivity index (χ1n) is 9.64. The average molecular weight is 395 g/mol. The molecule has 4 rings (SSSR count). The number of para-hydroxylation sites is 1. The Balaban J connectivity index is 1.42. The molecular weight excluding hydrogens is 373 g/mol. The summed E-state index contributed by atoms with van der Waals surface area (Å²) >= 11 is 0. The van der Waals surface area contributed by atoms with Crippen molar-refractivity contribution in [3.8, 4) is 5.75 Å². The van der Waals surface area contributed by atoms with Crippen molar-refractivity contribution < 1.29 is 13.9 Å². The van der Waals surface area contributed by atoms with Crippen LogP contribution in [0.4, 0.5) is 16.3 Å². The maximum absolute atomic E-state index is 13.0. The molecule has 1 saturated heterocycles. The highest BCUT2D eigenvalue weighted by Gasteiger charge is 2.18. The van der Waals surface area contributed by atoms with Gasteiger partial charge in [-0.3, -0.25) is 10.1 Å². The molecule has 0 atom stereocenters. The van der Waals surface area contributed by atoms with E-state index in [-0.39, 0.29) is 18.3 Å². The number of amides is 1. The van der Waals surface area contributed by atoms with Gasteiger partial charge in [-0.05, 0) is 49.1 Å². The van der Waals surface area contributed by atoms with Crippen molar-refractivity contribution in [2.45, 2.75) is 25.9 Å². The molecule has 0 bridgehead atoms. The number of ether oxygens (including phenoxy) is 1. The van der Waals surface area contributed by atoms with Gasteiger partial charge in [-0.15, -0.1) is 5.10 Å². The highest BCUT2D eigenvalue weighted by molar-refractivity contribution is 6.05. The van der Waals surface area contributed by atoms with Gasteiger partial charge in [0, 0.05) is 13.1 Å². The van der Waals surface area contributed by atoms with E-state index in [0.717, 1.165) is 31.5 Å². The number of H-pyrrole nitrogens is 1. The lowest BCUT2D eigenvalue weighted by molar-refractivity contribution is 0.102. The standard InChI is InChI=1S/C21H22FN5O2/c22-16-10-8-15(9-11-16)14-29-18-7-3-2-6-17(18)19(28)23-20-24-21(26-25-20)27-12-4-1-5-13-27/h2-3,6-11H,1,4-5,12-14H2,(H2,23,24,25,26,28). The molecule has 0 aliphatic carbocycles. The topological polar surface area (TPSA) is 83.1 Å². The first-order valence-corrected chi connectivity index (χ1v) is 9.64. The molecule has 8 heteroatoms. The van der Waals surface area contributed by atoms with Gasteiger partial charge in [0.15, 0.2) is 0 Å². The molecule has 2 aromatic carbocycles. The molecule has 2 N–H and O–H groups in total. The summed E-state index contributed by atoms with van der Waals surface area (Å²) in [5, 5.41) is 9.72. The third kappa shape index (κ3) is 4.71. The first kappa shape index (κ1) is 18.9. The number of hydrogen-bond donors (Lipinski definition) is 2. The van der Waals surface area contributed by atoms with Crippen molar-refractivity contribution in [3.63, 3.8) is 0 Å². The minimum Gasteiger partial charge on any atom is -0.488 e. The lowest BCUT2D eigenvalue weighted by atomic mass is 10.1. The molecule has 3 aromatic rings. The number of aromatic amines is 1. The summed E-state index contributed by atoms with van der Waals surface area (Å²) in [4.78, 5) is 19.2. The molecule has 1 aliphatic heterocycles. The van der Waals surface area contributed by atoms with Crippen LogP contribution in [0.3, 0.4) is 0 Å². The molecule has 7 nitrogen and oxygen atoms in total. The van der Waals surface area contributed by atoms with Crippen molar-refractivity contribution in [3.05, 3.63) is 65.5 Å². The number of carbonyl (C=O) groups excluding carboxylic acids is 1. The molecular formula is C21H22FN5O2. The predicted molar refractivity (Wildman–Crippen MR) is 108 cm³/mol. The molecule has 0 radical (unpaired) electrons. The Hall–Kier alpha value is -3.42. The van der Waals surface area contributed by atoms with Crippen LogP contribution in [-0.2, 0) is 6.61 Å². The van der Waals surface area contributed by atoms with E-state index < -0.39 is 0 Å². The van der Waals surface area contributed by atoms with E-state index in [1.54, 1.807) is 36.4 Å². The molecule has 0 spiro atoms. The summed E-state index contributed by atoms with van der Waals surface area (Å²) in [5.41, 5.74) is 1.19. The van der Waals surface area contributed by atoms with Gasteiger partial charge >= 0.3 is 0 Å². The van der Waals surface area contributed by atoms with Crippen molar-refractivity contribution in [2.24, 2.45) is 0 Å². The fourth-order valence-corrected chi connectivity index (χ4v) is 3.24. The van der Waals surface area contributed by atoms with Crippen molar-refractivity contribution in [2.75, 3.05) is 23.3 Å². The van der Waals surface area contributed by atoms with Gasteiger partial charge in [0.2, 0.25) is 11.9 Å². The zero-order valence-corrected chi connectivity index (χ0v) is 15.9. The number of nitrogens with zero attached hydrogens (tertiary/aromatic N) is 3. The molecule has 0 unspecified atom stereocenters. The maximum Gasteiger partial charge on any atom is 0.261 e. The summed E-state index contributed by atoms with van der Waals surface area (Å²) in [6, 6.07) is 13.0. The number of aromatic nitrogens is 3. The van der Waals surface area contributed by atoms with Crippen LogP contribution >= 0.6 is 0 Å². The van der Waals surface area contributed by atoms with Crippen LogP contribution in [0.15, 0.2) is 48.5 Å². The van der Waals surface area contributed by atoms with Crippen LogP contribution in [0.25, 0.3) is 0 Å². The number of piperidine rings is 1. The second kappa shape index (κ2) is 8.72. The van der Waals surface area contributed by atoms with Gasteiger partial charge in [0.1, 0.15) is 18.2 Å². The Morgan fingerprint density at radius 2 is 1.86 bits per heavy atom. The lowest BCUT2D eigenvalue weighted by Crippen LogP contribution is -2.30. The molecule has 1 fully saturated rings. The number of halogens is 1. The summed E-state index contributed by atoms with van der Waals surface area (Å²) in [6.07, 6.45) is 3.46. The van der Waals surface area contributed by atoms with E-state index in [1.807, 2.05) is 0 Å². The van der Waals surface area contributed by atoms with Crippen LogP contribution in [0.2, 0.25) is 0 Å². The molecule has 1 aromatic heterocycles. The number of anilines is 2. The van der Waals surface area contributed by atoms with Crippen molar-refractivity contribution in [1.82, 2.24) is 15.2 Å². The summed E-state index contributed by atoms with van der Waals surface area (Å²) in [5.74, 6) is 0.681. The van der Waals surface area contributed by atoms with Crippen LogP contribution in [-0.4, -0.2) is 34.2 Å². The van der Waals surface area contributed by atoms with Gasteiger partial charge < -0.3 is 9.64 Å². The van der Waals surface area contributed by atoms with Crippen molar-refractivity contribution >= 4 is 17.8 Å². The highest BCUT2D eigenvalue weighted by atomic mass is 19.1. The SMILES string of the molecule is O=C(Nc1nc(N2CCCCC2)n[nH]1)c1ccccc1OCc1ccc(F)cc1. The summed E-state index contributed by atoms with van der Waals surface area (Å²) < 4.78 is 18.8. The largest absolute Gasteiger partial charge is 0.488 e. The third-order valence-electron chi connectivity index (χ3n) is 4.78. The zero-order valence-electron chi connectivity index (χ0n) is 15.9. The van der Waals surface area contributed by atoms with Crippen LogP contribution < -0.4 is 15.0 Å². The smallest absolute Gasteiger partial charge is 0.261 e. The molecule has 29 heavy (non-hydrogen) atoms. The molecule has 150 valence electrons. The normalized spacial score (nSPS) is 13.9. The Kier molecular flexibility index (Phi) is 5.69. The highest BCUT2D eigenvalue weighted by Crippen LogP contribution is 2.21. The second-order valence-corrected chi connectivity index (χ2v) is 6.90. The molecule has 2 heterocycles. The summed E-state index contributed by atoms with van der Waals surface area (Å²) in [7, 11) is 0. The fraction of sp³-hybridized carbons (Fsp3) is 0.286. The summed E-state index contributed by atoms with van der Waals surface area (Å²) in [6.45, 7) is 2.07. The number of carbonyl (C=O) groups is 1. The third-order valence-corrected chi connectivity index (χ3v) is 4.78. The number of hydrogen-bond acceptors (Lipinski definition) is 5. The lowest BCUT2D eigenvalue weighted by Gasteiger charge is -2.24. The monoisotopic (exact) mass is 395 g/mol. The van der Waals surface area contributed by atoms with E-state index in [9.17, 15) is 9.18 Å². The van der Waals surface area contributed by atoms with Crippen molar-refractivity contribution in [1.29, 1.82) is 0 Å². The second-order valence-electron chi connectivity index (χ2n) is 6.90.